The second-order valence-corrected chi connectivity index (χ2v) is 5.12. The van der Waals surface area contributed by atoms with Crippen molar-refractivity contribution in [3.05, 3.63) is 29.8 Å². The van der Waals surface area contributed by atoms with Gasteiger partial charge in [0.1, 0.15) is 11.3 Å². The molecule has 2 atom stereocenters. The third kappa shape index (κ3) is 4.56. The van der Waals surface area contributed by atoms with Crippen molar-refractivity contribution in [3.8, 4) is 5.75 Å². The number of aliphatic carboxylic acids is 1. The van der Waals surface area contributed by atoms with E-state index in [9.17, 15) is 9.90 Å². The molecule has 2 N–H and O–H groups in total. The van der Waals surface area contributed by atoms with E-state index in [1.807, 2.05) is 45.0 Å². The number of benzene rings is 1. The molecule has 0 amide bonds. The highest BCUT2D eigenvalue weighted by Crippen LogP contribution is 2.19. The summed E-state index contributed by atoms with van der Waals surface area (Å²) < 4.78 is 5.78. The van der Waals surface area contributed by atoms with E-state index in [0.717, 1.165) is 11.3 Å². The van der Waals surface area contributed by atoms with Crippen molar-refractivity contribution < 1.29 is 14.6 Å². The van der Waals surface area contributed by atoms with Crippen LogP contribution in [0.5, 0.6) is 5.75 Å². The van der Waals surface area contributed by atoms with Crippen LogP contribution in [0.4, 0.5) is 0 Å². The van der Waals surface area contributed by atoms with Gasteiger partial charge in [-0.2, -0.15) is 0 Å². The van der Waals surface area contributed by atoms with E-state index in [2.05, 4.69) is 5.32 Å². The Morgan fingerprint density at radius 3 is 2.74 bits per heavy atom. The molecule has 0 aliphatic rings. The van der Waals surface area contributed by atoms with Crippen LogP contribution in [-0.2, 0) is 4.79 Å². The Balaban J connectivity index is 2.68. The third-order valence-corrected chi connectivity index (χ3v) is 3.06. The molecular formula is C15H23NO3. The molecule has 0 aromatic heterocycles. The molecule has 0 aliphatic carbocycles. The van der Waals surface area contributed by atoms with Crippen molar-refractivity contribution in [2.45, 2.75) is 45.8 Å². The minimum Gasteiger partial charge on any atom is -0.491 e. The molecule has 0 spiro atoms. The summed E-state index contributed by atoms with van der Waals surface area (Å²) in [6.07, 6.45) is 0.228. The van der Waals surface area contributed by atoms with E-state index in [4.69, 9.17) is 4.74 Å². The van der Waals surface area contributed by atoms with Crippen LogP contribution in [-0.4, -0.2) is 29.3 Å². The summed E-state index contributed by atoms with van der Waals surface area (Å²) in [5, 5.41) is 12.3. The Hall–Kier alpha value is -1.55. The molecular weight excluding hydrogens is 242 g/mol. The molecule has 4 nitrogen and oxygen atoms in total. The van der Waals surface area contributed by atoms with E-state index in [1.165, 1.54) is 0 Å². The number of nitrogens with one attached hydrogen (secondary N) is 1. The van der Waals surface area contributed by atoms with Crippen molar-refractivity contribution in [1.82, 2.24) is 5.32 Å². The topological polar surface area (TPSA) is 58.6 Å². The molecule has 0 heterocycles. The fourth-order valence-electron chi connectivity index (χ4n) is 2.16. The van der Waals surface area contributed by atoms with Gasteiger partial charge in [0.2, 0.25) is 0 Å². The van der Waals surface area contributed by atoms with Crippen molar-refractivity contribution in [1.29, 1.82) is 0 Å². The smallest absolute Gasteiger partial charge is 0.323 e. The summed E-state index contributed by atoms with van der Waals surface area (Å²) in [5.41, 5.74) is 0.162. The number of hydrogen-bond donors (Lipinski definition) is 2. The lowest BCUT2D eigenvalue weighted by Crippen LogP contribution is -2.51. The van der Waals surface area contributed by atoms with Gasteiger partial charge in [0, 0.05) is 6.42 Å². The molecule has 2 unspecified atom stereocenters. The lowest BCUT2D eigenvalue weighted by molar-refractivity contribution is -0.145. The van der Waals surface area contributed by atoms with Crippen molar-refractivity contribution in [2.75, 3.05) is 6.54 Å². The van der Waals surface area contributed by atoms with E-state index >= 15 is 0 Å². The van der Waals surface area contributed by atoms with E-state index in [1.54, 1.807) is 6.92 Å². The van der Waals surface area contributed by atoms with Crippen LogP contribution in [0.15, 0.2) is 24.3 Å². The summed E-state index contributed by atoms with van der Waals surface area (Å²) in [6, 6.07) is 7.76. The SMILES string of the molecule is CCNC(C)(CC(C)Oc1cccc(C)c1)C(=O)O. The Kier molecular flexibility index (Phi) is 5.36. The molecule has 19 heavy (non-hydrogen) atoms. The first-order valence-electron chi connectivity index (χ1n) is 6.59. The summed E-state index contributed by atoms with van der Waals surface area (Å²) in [4.78, 5) is 11.3. The number of hydrogen-bond acceptors (Lipinski definition) is 3. The zero-order valence-corrected chi connectivity index (χ0v) is 12.1. The van der Waals surface area contributed by atoms with E-state index < -0.39 is 11.5 Å². The summed E-state index contributed by atoms with van der Waals surface area (Å²) in [5.74, 6) is -0.0780. The first-order valence-corrected chi connectivity index (χ1v) is 6.59. The van der Waals surface area contributed by atoms with Gasteiger partial charge < -0.3 is 15.2 Å². The van der Waals surface area contributed by atoms with Crippen LogP contribution in [0, 0.1) is 6.92 Å². The van der Waals surface area contributed by atoms with Crippen LogP contribution < -0.4 is 10.1 Å². The van der Waals surface area contributed by atoms with Crippen LogP contribution in [0.3, 0.4) is 0 Å². The molecule has 1 rings (SSSR count). The minimum atomic E-state index is -0.960. The molecule has 1 aromatic carbocycles. The fraction of sp³-hybridized carbons (Fsp3) is 0.533. The maximum Gasteiger partial charge on any atom is 0.323 e. The van der Waals surface area contributed by atoms with Crippen LogP contribution >= 0.6 is 0 Å². The molecule has 0 radical (unpaired) electrons. The maximum atomic E-state index is 11.3. The van der Waals surface area contributed by atoms with Crippen molar-refractivity contribution in [3.63, 3.8) is 0 Å². The lowest BCUT2D eigenvalue weighted by atomic mass is 9.95. The molecule has 0 aliphatic heterocycles. The Morgan fingerprint density at radius 2 is 2.21 bits per heavy atom. The molecule has 0 saturated carbocycles. The van der Waals surface area contributed by atoms with Gasteiger partial charge in [-0.1, -0.05) is 19.1 Å². The predicted octanol–water partition coefficient (Wildman–Crippen LogP) is 2.61. The van der Waals surface area contributed by atoms with Crippen molar-refractivity contribution >= 4 is 5.97 Å². The maximum absolute atomic E-state index is 11.3. The van der Waals surface area contributed by atoms with Gasteiger partial charge in [-0.3, -0.25) is 4.79 Å². The molecule has 106 valence electrons. The fourth-order valence-corrected chi connectivity index (χ4v) is 2.16. The van der Waals surface area contributed by atoms with E-state index in [0.29, 0.717) is 13.0 Å². The van der Waals surface area contributed by atoms with Gasteiger partial charge in [0.15, 0.2) is 0 Å². The molecule has 0 bridgehead atoms. The normalized spacial score (nSPS) is 15.6. The Morgan fingerprint density at radius 1 is 1.53 bits per heavy atom. The predicted molar refractivity (Wildman–Crippen MR) is 75.6 cm³/mol. The number of carbonyl (C=O) groups is 1. The number of carboxylic acid groups (broad SMARTS) is 1. The summed E-state index contributed by atoms with van der Waals surface area (Å²) in [7, 11) is 0. The zero-order chi connectivity index (χ0) is 14.5. The summed E-state index contributed by atoms with van der Waals surface area (Å²) in [6.45, 7) is 8.08. The van der Waals surface area contributed by atoms with Gasteiger partial charge in [0.05, 0.1) is 6.10 Å². The highest BCUT2D eigenvalue weighted by molar-refractivity contribution is 5.78. The first-order chi connectivity index (χ1) is 8.87. The number of carboxylic acids is 1. The number of ether oxygens (including phenoxy) is 1. The largest absolute Gasteiger partial charge is 0.491 e. The second-order valence-electron chi connectivity index (χ2n) is 5.12. The number of rotatable bonds is 7. The van der Waals surface area contributed by atoms with Gasteiger partial charge in [-0.25, -0.2) is 0 Å². The van der Waals surface area contributed by atoms with Gasteiger partial charge in [0.25, 0.3) is 0 Å². The Bertz CT molecular complexity index is 433. The lowest BCUT2D eigenvalue weighted by Gasteiger charge is -2.29. The average molecular weight is 265 g/mol. The first kappa shape index (κ1) is 15.5. The van der Waals surface area contributed by atoms with Crippen molar-refractivity contribution in [2.24, 2.45) is 0 Å². The van der Waals surface area contributed by atoms with Crippen LogP contribution in [0.2, 0.25) is 0 Å². The standard InChI is InChI=1S/C15H23NO3/c1-5-16-15(4,14(17)18)10-12(3)19-13-8-6-7-11(2)9-13/h6-9,12,16H,5,10H2,1-4H3,(H,17,18). The molecule has 4 heteroatoms. The molecule has 0 fully saturated rings. The van der Waals surface area contributed by atoms with Gasteiger partial charge >= 0.3 is 5.97 Å². The number of aryl methyl sites for hydroxylation is 1. The van der Waals surface area contributed by atoms with Gasteiger partial charge in [-0.05, 0) is 45.0 Å². The summed E-state index contributed by atoms with van der Waals surface area (Å²) >= 11 is 0. The van der Waals surface area contributed by atoms with Crippen LogP contribution in [0.25, 0.3) is 0 Å². The van der Waals surface area contributed by atoms with Gasteiger partial charge in [-0.15, -0.1) is 0 Å². The third-order valence-electron chi connectivity index (χ3n) is 3.06. The quantitative estimate of drug-likeness (QED) is 0.795. The molecule has 0 saturated heterocycles. The monoisotopic (exact) mass is 265 g/mol. The zero-order valence-electron chi connectivity index (χ0n) is 12.1. The molecule has 1 aromatic rings. The Labute approximate surface area is 114 Å². The van der Waals surface area contributed by atoms with E-state index in [-0.39, 0.29) is 6.10 Å². The second kappa shape index (κ2) is 6.57. The van der Waals surface area contributed by atoms with Crippen LogP contribution in [0.1, 0.15) is 32.8 Å². The average Bonchev–Trinajstić information content (AvgIpc) is 2.28. The number of likely N-dealkylation sites (N-methyl/N-ethyl adjacent to an activating group) is 1. The highest BCUT2D eigenvalue weighted by atomic mass is 16.5. The highest BCUT2D eigenvalue weighted by Gasteiger charge is 2.34. The minimum absolute atomic E-state index is 0.179.